The highest BCUT2D eigenvalue weighted by Crippen LogP contribution is 2.19. The fourth-order valence-corrected chi connectivity index (χ4v) is 1.24. The molecule has 0 atom stereocenters. The van der Waals surface area contributed by atoms with E-state index in [2.05, 4.69) is 15.4 Å². The Bertz CT molecular complexity index is 477. The molecule has 0 amide bonds. The first kappa shape index (κ1) is 10.7. The fraction of sp³-hybridized carbons (Fsp3) is 0.333. The number of halogens is 3. The Morgan fingerprint density at radius 2 is 2.12 bits per heavy atom. The third-order valence-electron chi connectivity index (χ3n) is 1.97. The van der Waals surface area contributed by atoms with E-state index in [9.17, 15) is 13.2 Å². The van der Waals surface area contributed by atoms with Crippen LogP contribution in [-0.2, 0) is 0 Å². The number of anilines is 1. The van der Waals surface area contributed by atoms with Crippen molar-refractivity contribution in [1.29, 1.82) is 0 Å². The van der Waals surface area contributed by atoms with Crippen molar-refractivity contribution in [3.63, 3.8) is 0 Å². The van der Waals surface area contributed by atoms with E-state index in [1.54, 1.807) is 24.5 Å². The molecule has 0 saturated carbocycles. The van der Waals surface area contributed by atoms with Gasteiger partial charge in [-0.25, -0.2) is 9.50 Å². The number of hydrogen-bond acceptors (Lipinski definition) is 3. The van der Waals surface area contributed by atoms with E-state index in [-0.39, 0.29) is 6.54 Å². The first-order valence-electron chi connectivity index (χ1n) is 4.66. The molecule has 16 heavy (non-hydrogen) atoms. The van der Waals surface area contributed by atoms with Gasteiger partial charge in [-0.1, -0.05) is 0 Å². The Hall–Kier alpha value is -1.79. The molecule has 0 aliphatic rings. The first-order valence-corrected chi connectivity index (χ1v) is 4.66. The van der Waals surface area contributed by atoms with Crippen molar-refractivity contribution in [2.75, 3.05) is 11.9 Å². The number of alkyl halides is 3. The van der Waals surface area contributed by atoms with Crippen molar-refractivity contribution >= 4 is 11.5 Å². The summed E-state index contributed by atoms with van der Waals surface area (Å²) in [4.78, 5) is 4.08. The van der Waals surface area contributed by atoms with Crippen LogP contribution in [0.2, 0.25) is 0 Å². The topological polar surface area (TPSA) is 42.2 Å². The maximum atomic E-state index is 11.9. The summed E-state index contributed by atoms with van der Waals surface area (Å²) in [5, 5.41) is 6.54. The Labute approximate surface area is 89.1 Å². The molecule has 0 aliphatic heterocycles. The van der Waals surface area contributed by atoms with E-state index in [1.165, 1.54) is 4.52 Å². The SMILES string of the molecule is FC(F)(F)CCNc1ccn2nccc2n1. The highest BCUT2D eigenvalue weighted by molar-refractivity contribution is 5.45. The highest BCUT2D eigenvalue weighted by atomic mass is 19.4. The normalized spacial score (nSPS) is 11.9. The van der Waals surface area contributed by atoms with Crippen molar-refractivity contribution in [3.05, 3.63) is 24.5 Å². The second kappa shape index (κ2) is 3.99. The zero-order valence-corrected chi connectivity index (χ0v) is 8.20. The summed E-state index contributed by atoms with van der Waals surface area (Å²) in [6, 6.07) is 3.26. The van der Waals surface area contributed by atoms with Gasteiger partial charge in [0.15, 0.2) is 5.65 Å². The molecule has 0 bridgehead atoms. The molecule has 0 spiro atoms. The summed E-state index contributed by atoms with van der Waals surface area (Å²) in [5.41, 5.74) is 0.594. The Morgan fingerprint density at radius 1 is 1.31 bits per heavy atom. The van der Waals surface area contributed by atoms with Gasteiger partial charge < -0.3 is 5.32 Å². The molecule has 0 saturated heterocycles. The lowest BCUT2D eigenvalue weighted by Crippen LogP contribution is -2.15. The number of nitrogens with one attached hydrogen (secondary N) is 1. The molecular formula is C9H9F3N4. The molecule has 2 aromatic heterocycles. The summed E-state index contributed by atoms with van der Waals surface area (Å²) in [5.74, 6) is 0.414. The standard InChI is InChI=1S/C9H9F3N4/c10-9(11,12)3-5-13-7-2-6-16-8(15-7)1-4-14-16/h1-2,4,6H,3,5H2,(H,13,15). The van der Waals surface area contributed by atoms with Gasteiger partial charge >= 0.3 is 6.18 Å². The van der Waals surface area contributed by atoms with Crippen molar-refractivity contribution in [2.45, 2.75) is 12.6 Å². The van der Waals surface area contributed by atoms with Crippen molar-refractivity contribution in [1.82, 2.24) is 14.6 Å². The van der Waals surface area contributed by atoms with Crippen LogP contribution in [0.1, 0.15) is 6.42 Å². The summed E-state index contributed by atoms with van der Waals surface area (Å²) in [6.45, 7) is -0.180. The smallest absolute Gasteiger partial charge is 0.370 e. The van der Waals surface area contributed by atoms with Crippen LogP contribution in [0, 0.1) is 0 Å². The summed E-state index contributed by atoms with van der Waals surface area (Å²) in [7, 11) is 0. The Kier molecular flexibility index (Phi) is 2.67. The minimum Gasteiger partial charge on any atom is -0.370 e. The van der Waals surface area contributed by atoms with E-state index in [1.807, 2.05) is 0 Å². The van der Waals surface area contributed by atoms with Crippen molar-refractivity contribution in [2.24, 2.45) is 0 Å². The summed E-state index contributed by atoms with van der Waals surface area (Å²) in [6.07, 6.45) is -1.81. The quantitative estimate of drug-likeness (QED) is 0.877. The molecule has 0 aliphatic carbocycles. The second-order valence-electron chi connectivity index (χ2n) is 3.24. The molecule has 0 aromatic carbocycles. The predicted molar refractivity (Wildman–Crippen MR) is 52.1 cm³/mol. The van der Waals surface area contributed by atoms with Crippen LogP contribution < -0.4 is 5.32 Å². The molecule has 4 nitrogen and oxygen atoms in total. The maximum Gasteiger partial charge on any atom is 0.390 e. The molecule has 0 fully saturated rings. The first-order chi connectivity index (χ1) is 7.54. The van der Waals surface area contributed by atoms with Gasteiger partial charge in [0, 0.05) is 18.8 Å². The lowest BCUT2D eigenvalue weighted by atomic mass is 10.4. The van der Waals surface area contributed by atoms with Crippen LogP contribution in [0.5, 0.6) is 0 Å². The molecule has 7 heteroatoms. The van der Waals surface area contributed by atoms with E-state index >= 15 is 0 Å². The molecule has 1 N–H and O–H groups in total. The van der Waals surface area contributed by atoms with Crippen LogP contribution in [0.15, 0.2) is 24.5 Å². The van der Waals surface area contributed by atoms with Crippen LogP contribution in [0.25, 0.3) is 5.65 Å². The Balaban J connectivity index is 1.99. The van der Waals surface area contributed by atoms with Gasteiger partial charge in [-0.15, -0.1) is 0 Å². The minimum atomic E-state index is -4.15. The van der Waals surface area contributed by atoms with E-state index in [0.29, 0.717) is 11.5 Å². The van der Waals surface area contributed by atoms with Gasteiger partial charge in [0.1, 0.15) is 5.82 Å². The number of nitrogens with zero attached hydrogens (tertiary/aromatic N) is 3. The largest absolute Gasteiger partial charge is 0.390 e. The average molecular weight is 230 g/mol. The molecular weight excluding hydrogens is 221 g/mol. The van der Waals surface area contributed by atoms with Crippen LogP contribution >= 0.6 is 0 Å². The zero-order valence-electron chi connectivity index (χ0n) is 8.20. The minimum absolute atomic E-state index is 0.180. The number of rotatable bonds is 3. The van der Waals surface area contributed by atoms with Crippen molar-refractivity contribution in [3.8, 4) is 0 Å². The third kappa shape index (κ3) is 2.62. The van der Waals surface area contributed by atoms with Gasteiger partial charge in [0.05, 0.1) is 12.6 Å². The van der Waals surface area contributed by atoms with Crippen LogP contribution in [0.3, 0.4) is 0 Å². The maximum absolute atomic E-state index is 11.9. The molecule has 2 aromatic rings. The summed E-state index contributed by atoms with van der Waals surface area (Å²) < 4.78 is 37.2. The van der Waals surface area contributed by atoms with Gasteiger partial charge in [0.2, 0.25) is 0 Å². The van der Waals surface area contributed by atoms with E-state index < -0.39 is 12.6 Å². The molecule has 2 heterocycles. The number of hydrogen-bond donors (Lipinski definition) is 1. The molecule has 2 rings (SSSR count). The second-order valence-corrected chi connectivity index (χ2v) is 3.24. The zero-order chi connectivity index (χ0) is 11.6. The Morgan fingerprint density at radius 3 is 2.88 bits per heavy atom. The van der Waals surface area contributed by atoms with Gasteiger partial charge in [-0.2, -0.15) is 18.3 Å². The van der Waals surface area contributed by atoms with Crippen LogP contribution in [0.4, 0.5) is 19.0 Å². The monoisotopic (exact) mass is 230 g/mol. The van der Waals surface area contributed by atoms with Gasteiger partial charge in [-0.3, -0.25) is 0 Å². The van der Waals surface area contributed by atoms with E-state index in [0.717, 1.165) is 0 Å². The summed E-state index contributed by atoms with van der Waals surface area (Å²) >= 11 is 0. The lowest BCUT2D eigenvalue weighted by molar-refractivity contribution is -0.131. The van der Waals surface area contributed by atoms with Gasteiger partial charge in [-0.05, 0) is 6.07 Å². The third-order valence-corrected chi connectivity index (χ3v) is 1.97. The average Bonchev–Trinajstić information content (AvgIpc) is 2.62. The van der Waals surface area contributed by atoms with Gasteiger partial charge in [0.25, 0.3) is 0 Å². The van der Waals surface area contributed by atoms with Crippen LogP contribution in [-0.4, -0.2) is 27.3 Å². The molecule has 86 valence electrons. The predicted octanol–water partition coefficient (Wildman–Crippen LogP) is 2.09. The molecule has 0 unspecified atom stereocenters. The van der Waals surface area contributed by atoms with E-state index in [4.69, 9.17) is 0 Å². The lowest BCUT2D eigenvalue weighted by Gasteiger charge is -2.08. The fourth-order valence-electron chi connectivity index (χ4n) is 1.24. The highest BCUT2D eigenvalue weighted by Gasteiger charge is 2.26. The molecule has 0 radical (unpaired) electrons. The van der Waals surface area contributed by atoms with Crippen molar-refractivity contribution < 1.29 is 13.2 Å². The number of aromatic nitrogens is 3. The number of fused-ring (bicyclic) bond motifs is 1.